The Morgan fingerprint density at radius 2 is 1.86 bits per heavy atom. The first-order valence-corrected chi connectivity index (χ1v) is 8.82. The number of likely N-dealkylation sites (tertiary alicyclic amines) is 1. The zero-order valence-electron chi connectivity index (χ0n) is 13.4. The zero-order chi connectivity index (χ0) is 14.7. The van der Waals surface area contributed by atoms with Crippen molar-refractivity contribution < 1.29 is 9.53 Å². The smallest absolute Gasteiger partial charge is 0.217 e. The predicted molar refractivity (Wildman–Crippen MR) is 83.2 cm³/mol. The Kier molecular flexibility index (Phi) is 4.85. The van der Waals surface area contributed by atoms with Crippen molar-refractivity contribution in [2.45, 2.75) is 82.5 Å². The average Bonchev–Trinajstić information content (AvgIpc) is 2.84. The van der Waals surface area contributed by atoms with Gasteiger partial charge >= 0.3 is 0 Å². The number of amides is 1. The van der Waals surface area contributed by atoms with Crippen LogP contribution in [0.1, 0.15) is 64.7 Å². The lowest BCUT2D eigenvalue weighted by molar-refractivity contribution is -0.120. The van der Waals surface area contributed by atoms with Crippen molar-refractivity contribution in [1.29, 1.82) is 0 Å². The maximum atomic E-state index is 11.1. The molecule has 0 bridgehead atoms. The maximum Gasteiger partial charge on any atom is 0.217 e. The number of rotatable bonds is 3. The van der Waals surface area contributed by atoms with Crippen LogP contribution in [-0.2, 0) is 9.53 Å². The van der Waals surface area contributed by atoms with Crippen molar-refractivity contribution in [2.24, 2.45) is 0 Å². The molecule has 21 heavy (non-hydrogen) atoms. The van der Waals surface area contributed by atoms with E-state index in [4.69, 9.17) is 4.74 Å². The molecule has 2 saturated heterocycles. The summed E-state index contributed by atoms with van der Waals surface area (Å²) in [6.07, 6.45) is 11.8. The largest absolute Gasteiger partial charge is 0.370 e. The summed E-state index contributed by atoms with van der Waals surface area (Å²) in [5, 5.41) is 3.05. The van der Waals surface area contributed by atoms with Crippen LogP contribution in [0, 0.1) is 0 Å². The van der Waals surface area contributed by atoms with Crippen LogP contribution in [0.3, 0.4) is 0 Å². The summed E-state index contributed by atoms with van der Waals surface area (Å²) in [6.45, 7) is 4.90. The lowest BCUT2D eigenvalue weighted by Gasteiger charge is -2.36. The Labute approximate surface area is 128 Å². The first kappa shape index (κ1) is 15.3. The van der Waals surface area contributed by atoms with Crippen molar-refractivity contribution in [2.75, 3.05) is 19.6 Å². The van der Waals surface area contributed by atoms with Gasteiger partial charge in [0.2, 0.25) is 5.91 Å². The van der Waals surface area contributed by atoms with Crippen LogP contribution < -0.4 is 5.32 Å². The Bertz CT molecular complexity index is 358. The molecule has 4 nitrogen and oxygen atoms in total. The van der Waals surface area contributed by atoms with E-state index in [1.54, 1.807) is 6.92 Å². The number of carbonyl (C=O) groups excluding carboxylic acids is 1. The normalized spacial score (nSPS) is 30.6. The standard InChI is InChI=1S/C17H30N2O2/c1-14(20)18-15-6-11-19(12-7-15)13-16-5-10-17(21-16)8-3-2-4-9-17/h15-16H,2-13H2,1H3,(H,18,20)/t16-/m1/s1. The molecular formula is C17H30N2O2. The zero-order valence-corrected chi connectivity index (χ0v) is 13.4. The minimum atomic E-state index is 0.104. The van der Waals surface area contributed by atoms with Gasteiger partial charge in [0.1, 0.15) is 0 Å². The molecular weight excluding hydrogens is 264 g/mol. The van der Waals surface area contributed by atoms with Gasteiger partial charge in [-0.05, 0) is 38.5 Å². The molecule has 2 heterocycles. The van der Waals surface area contributed by atoms with Crippen molar-refractivity contribution in [3.63, 3.8) is 0 Å². The third kappa shape index (κ3) is 3.98. The van der Waals surface area contributed by atoms with Gasteiger partial charge in [-0.25, -0.2) is 0 Å². The van der Waals surface area contributed by atoms with E-state index in [1.807, 2.05) is 0 Å². The molecule has 3 fully saturated rings. The summed E-state index contributed by atoms with van der Waals surface area (Å²) in [4.78, 5) is 13.6. The van der Waals surface area contributed by atoms with E-state index < -0.39 is 0 Å². The minimum Gasteiger partial charge on any atom is -0.370 e. The maximum absolute atomic E-state index is 11.1. The number of nitrogens with zero attached hydrogens (tertiary/aromatic N) is 1. The molecule has 120 valence electrons. The van der Waals surface area contributed by atoms with Gasteiger partial charge in [-0.3, -0.25) is 4.79 Å². The molecule has 1 N–H and O–H groups in total. The lowest BCUT2D eigenvalue weighted by atomic mass is 9.83. The fourth-order valence-corrected chi connectivity index (χ4v) is 4.42. The van der Waals surface area contributed by atoms with E-state index in [9.17, 15) is 4.79 Å². The van der Waals surface area contributed by atoms with Crippen LogP contribution in [0.25, 0.3) is 0 Å². The van der Waals surface area contributed by atoms with E-state index in [0.29, 0.717) is 12.1 Å². The van der Waals surface area contributed by atoms with Crippen molar-refractivity contribution in [3.05, 3.63) is 0 Å². The van der Waals surface area contributed by atoms with Gasteiger partial charge in [-0.1, -0.05) is 19.3 Å². The highest BCUT2D eigenvalue weighted by molar-refractivity contribution is 5.73. The summed E-state index contributed by atoms with van der Waals surface area (Å²) in [7, 11) is 0. The molecule has 1 atom stereocenters. The molecule has 1 saturated carbocycles. The Morgan fingerprint density at radius 3 is 2.52 bits per heavy atom. The molecule has 4 heteroatoms. The van der Waals surface area contributed by atoms with Gasteiger partial charge in [0.05, 0.1) is 11.7 Å². The molecule has 0 aromatic rings. The Balaban J connectivity index is 1.41. The van der Waals surface area contributed by atoms with Gasteiger partial charge in [0.15, 0.2) is 0 Å². The Morgan fingerprint density at radius 1 is 1.14 bits per heavy atom. The third-order valence-corrected chi connectivity index (χ3v) is 5.56. The highest BCUT2D eigenvalue weighted by Gasteiger charge is 2.41. The van der Waals surface area contributed by atoms with E-state index in [0.717, 1.165) is 32.5 Å². The van der Waals surface area contributed by atoms with Crippen LogP contribution in [0.15, 0.2) is 0 Å². The van der Waals surface area contributed by atoms with Crippen molar-refractivity contribution in [1.82, 2.24) is 10.2 Å². The summed E-state index contributed by atoms with van der Waals surface area (Å²) in [6, 6.07) is 0.382. The number of piperidine rings is 1. The SMILES string of the molecule is CC(=O)NC1CCN(C[C@H]2CCC3(CCCCC3)O2)CC1. The van der Waals surface area contributed by atoms with Crippen molar-refractivity contribution >= 4 is 5.91 Å². The van der Waals surface area contributed by atoms with E-state index in [2.05, 4.69) is 10.2 Å². The van der Waals surface area contributed by atoms with Gasteiger partial charge < -0.3 is 15.0 Å². The first-order valence-electron chi connectivity index (χ1n) is 8.82. The second kappa shape index (κ2) is 6.66. The summed E-state index contributed by atoms with van der Waals surface area (Å²) in [5.74, 6) is 0.104. The molecule has 3 aliphatic rings. The third-order valence-electron chi connectivity index (χ3n) is 5.56. The van der Waals surface area contributed by atoms with Crippen LogP contribution in [-0.4, -0.2) is 48.2 Å². The van der Waals surface area contributed by atoms with E-state index >= 15 is 0 Å². The molecule has 0 aromatic carbocycles. The number of ether oxygens (including phenoxy) is 1. The molecule has 1 amide bonds. The topological polar surface area (TPSA) is 41.6 Å². The molecule has 2 aliphatic heterocycles. The number of hydrogen-bond donors (Lipinski definition) is 1. The second-order valence-corrected chi connectivity index (χ2v) is 7.30. The van der Waals surface area contributed by atoms with Gasteiger partial charge in [-0.15, -0.1) is 0 Å². The van der Waals surface area contributed by atoms with Crippen LogP contribution in [0.4, 0.5) is 0 Å². The molecule has 0 aromatic heterocycles. The highest BCUT2D eigenvalue weighted by atomic mass is 16.5. The average molecular weight is 294 g/mol. The monoisotopic (exact) mass is 294 g/mol. The number of hydrogen-bond acceptors (Lipinski definition) is 3. The van der Waals surface area contributed by atoms with Crippen LogP contribution >= 0.6 is 0 Å². The van der Waals surface area contributed by atoms with Crippen molar-refractivity contribution in [3.8, 4) is 0 Å². The van der Waals surface area contributed by atoms with Gasteiger partial charge in [0.25, 0.3) is 0 Å². The number of nitrogens with one attached hydrogen (secondary N) is 1. The van der Waals surface area contributed by atoms with Gasteiger partial charge in [0, 0.05) is 32.6 Å². The fraction of sp³-hybridized carbons (Fsp3) is 0.941. The quantitative estimate of drug-likeness (QED) is 0.869. The summed E-state index contributed by atoms with van der Waals surface area (Å²) < 4.78 is 6.47. The molecule has 3 rings (SSSR count). The predicted octanol–water partition coefficient (Wildman–Crippen LogP) is 2.47. The van der Waals surface area contributed by atoms with Crippen LogP contribution in [0.2, 0.25) is 0 Å². The lowest BCUT2D eigenvalue weighted by Crippen LogP contribution is -2.46. The molecule has 0 radical (unpaired) electrons. The molecule has 0 unspecified atom stereocenters. The number of carbonyl (C=O) groups is 1. The highest BCUT2D eigenvalue weighted by Crippen LogP contribution is 2.42. The van der Waals surface area contributed by atoms with Crippen LogP contribution in [0.5, 0.6) is 0 Å². The Hall–Kier alpha value is -0.610. The summed E-state index contributed by atoms with van der Waals surface area (Å²) >= 11 is 0. The minimum absolute atomic E-state index is 0.104. The van der Waals surface area contributed by atoms with Gasteiger partial charge in [-0.2, -0.15) is 0 Å². The van der Waals surface area contributed by atoms with E-state index in [-0.39, 0.29) is 11.5 Å². The second-order valence-electron chi connectivity index (χ2n) is 7.30. The molecule has 1 aliphatic carbocycles. The summed E-state index contributed by atoms with van der Waals surface area (Å²) in [5.41, 5.74) is 0.247. The first-order chi connectivity index (χ1) is 10.2. The molecule has 1 spiro atoms. The van der Waals surface area contributed by atoms with E-state index in [1.165, 1.54) is 44.9 Å². The fourth-order valence-electron chi connectivity index (χ4n) is 4.42.